The third-order valence-electron chi connectivity index (χ3n) is 4.89. The summed E-state index contributed by atoms with van der Waals surface area (Å²) in [6.45, 7) is 4.64. The van der Waals surface area contributed by atoms with Crippen molar-refractivity contribution in [3.63, 3.8) is 0 Å². The van der Waals surface area contributed by atoms with Gasteiger partial charge in [-0.05, 0) is 50.3 Å². The molecule has 0 amide bonds. The second-order valence-electron chi connectivity index (χ2n) is 7.43. The number of sulfone groups is 1. The molecular weight excluding hydrogens is 404 g/mol. The normalized spacial score (nSPS) is 14.9. The fraction of sp³-hybridized carbons (Fsp3) is 0.286. The Morgan fingerprint density at radius 3 is 2.66 bits per heavy atom. The van der Waals surface area contributed by atoms with Gasteiger partial charge in [0.2, 0.25) is 9.84 Å². The van der Waals surface area contributed by atoms with Gasteiger partial charge in [-0.2, -0.15) is 0 Å². The largest absolute Gasteiger partial charge is 0.300 e. The molecule has 0 fully saturated rings. The summed E-state index contributed by atoms with van der Waals surface area (Å²) in [7, 11) is -3.56. The lowest BCUT2D eigenvalue weighted by Gasteiger charge is -2.24. The molecule has 0 radical (unpaired) electrons. The molecule has 0 saturated heterocycles. The fourth-order valence-electron chi connectivity index (χ4n) is 3.08. The van der Waals surface area contributed by atoms with E-state index in [0.29, 0.717) is 17.3 Å². The van der Waals surface area contributed by atoms with Gasteiger partial charge in [0, 0.05) is 35.2 Å². The number of aromatic nitrogens is 3. The Hall–Kier alpha value is -2.42. The molecule has 3 aromatic rings. The van der Waals surface area contributed by atoms with E-state index < -0.39 is 9.84 Å². The van der Waals surface area contributed by atoms with Crippen LogP contribution in [0, 0.1) is 0 Å². The summed E-state index contributed by atoms with van der Waals surface area (Å²) in [5.41, 5.74) is -0.282. The third kappa shape index (κ3) is 4.14. The molecule has 0 atom stereocenters. The van der Waals surface area contributed by atoms with Crippen molar-refractivity contribution in [3.8, 4) is 0 Å². The van der Waals surface area contributed by atoms with Crippen molar-refractivity contribution in [3.05, 3.63) is 70.8 Å². The van der Waals surface area contributed by atoms with E-state index in [9.17, 15) is 8.42 Å². The molecule has 3 aromatic heterocycles. The van der Waals surface area contributed by atoms with Crippen molar-refractivity contribution in [1.82, 2.24) is 20.3 Å². The zero-order valence-corrected chi connectivity index (χ0v) is 17.9. The summed E-state index contributed by atoms with van der Waals surface area (Å²) in [5, 5.41) is 4.64. The van der Waals surface area contributed by atoms with Crippen molar-refractivity contribution in [2.45, 2.75) is 43.7 Å². The maximum Gasteiger partial charge on any atom is 0.209 e. The number of thiophene rings is 1. The van der Waals surface area contributed by atoms with Gasteiger partial charge in [0.1, 0.15) is 10.7 Å². The zero-order valence-electron chi connectivity index (χ0n) is 16.3. The molecule has 0 aromatic carbocycles. The van der Waals surface area contributed by atoms with Gasteiger partial charge in [-0.25, -0.2) is 18.4 Å². The summed E-state index contributed by atoms with van der Waals surface area (Å²) < 4.78 is 26.5. The van der Waals surface area contributed by atoms with Gasteiger partial charge in [0.25, 0.3) is 0 Å². The van der Waals surface area contributed by atoms with Crippen LogP contribution in [-0.2, 0) is 21.9 Å². The highest BCUT2D eigenvalue weighted by Crippen LogP contribution is 2.32. The molecule has 29 heavy (non-hydrogen) atoms. The van der Waals surface area contributed by atoms with E-state index >= 15 is 0 Å². The minimum atomic E-state index is -3.56. The van der Waals surface area contributed by atoms with E-state index in [1.807, 2.05) is 18.3 Å². The summed E-state index contributed by atoms with van der Waals surface area (Å²) in [5.74, 6) is 0.549. The highest BCUT2D eigenvalue weighted by molar-refractivity contribution is 7.95. The molecule has 0 aliphatic heterocycles. The van der Waals surface area contributed by atoms with E-state index in [1.165, 1.54) is 22.7 Å². The molecule has 0 unspecified atom stereocenters. The topological polar surface area (TPSA) is 84.8 Å². The number of nitrogens with one attached hydrogen (secondary N) is 1. The van der Waals surface area contributed by atoms with Gasteiger partial charge in [0.15, 0.2) is 0 Å². The number of hydrogen-bond donors (Lipinski definition) is 1. The molecular formula is C21H22N4O2S2. The van der Waals surface area contributed by atoms with Crippen LogP contribution in [0.15, 0.2) is 64.9 Å². The first-order chi connectivity index (χ1) is 13.9. The van der Waals surface area contributed by atoms with Crippen LogP contribution < -0.4 is 5.32 Å². The van der Waals surface area contributed by atoms with Gasteiger partial charge in [0.05, 0.1) is 16.1 Å². The van der Waals surface area contributed by atoms with E-state index in [-0.39, 0.29) is 10.4 Å². The van der Waals surface area contributed by atoms with Crippen LogP contribution in [0.1, 0.15) is 37.4 Å². The number of hydrogen-bond acceptors (Lipinski definition) is 7. The fourth-order valence-corrected chi connectivity index (χ4v) is 5.45. The minimum Gasteiger partial charge on any atom is -0.300 e. The Bertz CT molecular complexity index is 1160. The van der Waals surface area contributed by atoms with Crippen LogP contribution in [0.25, 0.3) is 10.1 Å². The van der Waals surface area contributed by atoms with Gasteiger partial charge in [-0.15, -0.1) is 11.3 Å². The molecule has 0 saturated carbocycles. The maximum absolute atomic E-state index is 12.7. The molecule has 1 aliphatic carbocycles. The lowest BCUT2D eigenvalue weighted by atomic mass is 10.0. The Labute approximate surface area is 174 Å². The second kappa shape index (κ2) is 7.78. The van der Waals surface area contributed by atoms with E-state index in [4.69, 9.17) is 0 Å². The molecule has 8 heteroatoms. The van der Waals surface area contributed by atoms with Crippen LogP contribution >= 0.6 is 11.3 Å². The second-order valence-corrected chi connectivity index (χ2v) is 10.5. The first-order valence-electron chi connectivity index (χ1n) is 9.38. The molecule has 4 rings (SSSR count). The summed E-state index contributed by atoms with van der Waals surface area (Å²) in [6.07, 6.45) is 13.3. The number of allylic oxidation sites excluding steroid dienone is 3. The lowest BCUT2D eigenvalue weighted by molar-refractivity contribution is 0.402. The van der Waals surface area contributed by atoms with Crippen molar-refractivity contribution >= 4 is 31.3 Å². The van der Waals surface area contributed by atoms with Crippen LogP contribution in [0.4, 0.5) is 0 Å². The van der Waals surface area contributed by atoms with Gasteiger partial charge < -0.3 is 5.32 Å². The van der Waals surface area contributed by atoms with E-state index in [1.54, 1.807) is 29.7 Å². The van der Waals surface area contributed by atoms with Gasteiger partial charge in [-0.1, -0.05) is 12.2 Å². The smallest absolute Gasteiger partial charge is 0.209 e. The Morgan fingerprint density at radius 1 is 1.17 bits per heavy atom. The quantitative estimate of drug-likeness (QED) is 0.638. The van der Waals surface area contributed by atoms with E-state index in [2.05, 4.69) is 40.2 Å². The Kier molecular flexibility index (Phi) is 5.33. The molecule has 0 spiro atoms. The average Bonchev–Trinajstić information content (AvgIpc) is 3.19. The summed E-state index contributed by atoms with van der Waals surface area (Å²) >= 11 is 1.70. The molecule has 1 aliphatic rings. The van der Waals surface area contributed by atoms with Crippen molar-refractivity contribution in [1.29, 1.82) is 0 Å². The molecule has 1 N–H and O–H groups in total. The predicted molar refractivity (Wildman–Crippen MR) is 115 cm³/mol. The molecule has 3 heterocycles. The Morgan fingerprint density at radius 2 is 1.97 bits per heavy atom. The summed E-state index contributed by atoms with van der Waals surface area (Å²) in [4.78, 5) is 14.3. The SMILES string of the molecule is CC(C)(NCc1ncc(S(=O)(=O)C2=CCCC=C2)cn1)c1cc2ccncc2s1. The monoisotopic (exact) mass is 426 g/mol. The number of fused-ring (bicyclic) bond motifs is 1. The third-order valence-corrected chi connectivity index (χ3v) is 8.05. The van der Waals surface area contributed by atoms with Crippen molar-refractivity contribution < 1.29 is 8.42 Å². The van der Waals surface area contributed by atoms with E-state index in [0.717, 1.165) is 17.5 Å². The van der Waals surface area contributed by atoms with Crippen LogP contribution in [0.2, 0.25) is 0 Å². The van der Waals surface area contributed by atoms with Crippen LogP contribution in [-0.4, -0.2) is 23.4 Å². The highest BCUT2D eigenvalue weighted by atomic mass is 32.2. The first-order valence-corrected chi connectivity index (χ1v) is 11.7. The molecule has 150 valence electrons. The molecule has 6 nitrogen and oxygen atoms in total. The van der Waals surface area contributed by atoms with Crippen molar-refractivity contribution in [2.24, 2.45) is 0 Å². The maximum atomic E-state index is 12.7. The predicted octanol–water partition coefficient (Wildman–Crippen LogP) is 4.12. The van der Waals surface area contributed by atoms with Crippen LogP contribution in [0.3, 0.4) is 0 Å². The minimum absolute atomic E-state index is 0.121. The van der Waals surface area contributed by atoms with Gasteiger partial charge in [-0.3, -0.25) is 4.98 Å². The first kappa shape index (κ1) is 19.9. The average molecular weight is 427 g/mol. The van der Waals surface area contributed by atoms with Crippen LogP contribution in [0.5, 0.6) is 0 Å². The van der Waals surface area contributed by atoms with Crippen molar-refractivity contribution in [2.75, 3.05) is 0 Å². The number of nitrogens with zero attached hydrogens (tertiary/aromatic N) is 3. The highest BCUT2D eigenvalue weighted by Gasteiger charge is 2.24. The number of rotatable bonds is 6. The lowest BCUT2D eigenvalue weighted by Crippen LogP contribution is -2.35. The zero-order chi connectivity index (χ0) is 20.5. The standard InChI is InChI=1S/C21H22N4O2S2/c1-21(2,19-10-15-8-9-22-13-18(15)28-19)25-14-20-23-11-17(12-24-20)29(26,27)16-6-4-3-5-7-16/h4,6-13,25H,3,5,14H2,1-2H3. The summed E-state index contributed by atoms with van der Waals surface area (Å²) in [6, 6.07) is 4.17. The Balaban J connectivity index is 1.47. The number of pyridine rings is 1. The molecule has 0 bridgehead atoms. The van der Waals surface area contributed by atoms with Gasteiger partial charge >= 0.3 is 0 Å².